The highest BCUT2D eigenvalue weighted by molar-refractivity contribution is 6.34. The second-order valence-electron chi connectivity index (χ2n) is 4.20. The Kier molecular flexibility index (Phi) is 4.86. The van der Waals surface area contributed by atoms with Gasteiger partial charge in [0.2, 0.25) is 0 Å². The Morgan fingerprint density at radius 1 is 1.35 bits per heavy atom. The lowest BCUT2D eigenvalue weighted by Gasteiger charge is -2.07. The molecular weight excluding hydrogens is 365 g/mol. The maximum absolute atomic E-state index is 14.0. The van der Waals surface area contributed by atoms with Crippen molar-refractivity contribution in [3.63, 3.8) is 0 Å². The molecule has 0 N–H and O–H groups in total. The minimum absolute atomic E-state index is 0.0325. The van der Waals surface area contributed by atoms with E-state index in [0.717, 1.165) is 12.1 Å². The minimum Gasteiger partial charge on any atom is -0.462 e. The van der Waals surface area contributed by atoms with Crippen LogP contribution in [0.4, 0.5) is 17.6 Å². The SMILES string of the molecule is CCOC(=O)c1cc(-c2noc(C(F)(F)F)c2Cl)c(F)cc1Cl. The molecule has 2 rings (SSSR count). The number of carbonyl (C=O) groups is 1. The molecule has 0 aliphatic heterocycles. The summed E-state index contributed by atoms with van der Waals surface area (Å²) in [7, 11) is 0. The van der Waals surface area contributed by atoms with Gasteiger partial charge in [-0.2, -0.15) is 13.2 Å². The zero-order valence-electron chi connectivity index (χ0n) is 11.3. The van der Waals surface area contributed by atoms with E-state index >= 15 is 0 Å². The van der Waals surface area contributed by atoms with Gasteiger partial charge in [-0.25, -0.2) is 9.18 Å². The molecule has 1 aromatic heterocycles. The molecule has 10 heteroatoms. The van der Waals surface area contributed by atoms with E-state index in [9.17, 15) is 22.4 Å². The van der Waals surface area contributed by atoms with Crippen LogP contribution in [0, 0.1) is 5.82 Å². The van der Waals surface area contributed by atoms with E-state index in [1.165, 1.54) is 0 Å². The molecular formula is C13H7Cl2F4NO3. The van der Waals surface area contributed by atoms with Crippen LogP contribution in [0.15, 0.2) is 16.7 Å². The second-order valence-corrected chi connectivity index (χ2v) is 4.99. The summed E-state index contributed by atoms with van der Waals surface area (Å²) in [6.07, 6.45) is -4.89. The van der Waals surface area contributed by atoms with Crippen LogP contribution in [-0.2, 0) is 10.9 Å². The van der Waals surface area contributed by atoms with E-state index < -0.39 is 40.0 Å². The number of halogens is 6. The summed E-state index contributed by atoms with van der Waals surface area (Å²) in [4.78, 5) is 11.7. The number of carbonyl (C=O) groups excluding carboxylic acids is 1. The molecule has 2 aromatic rings. The number of aromatic nitrogens is 1. The van der Waals surface area contributed by atoms with Crippen molar-refractivity contribution in [3.05, 3.63) is 39.3 Å². The Bertz CT molecular complexity index is 758. The quantitative estimate of drug-likeness (QED) is 0.563. The summed E-state index contributed by atoms with van der Waals surface area (Å²) in [5.74, 6) is -3.46. The highest BCUT2D eigenvalue weighted by Crippen LogP contribution is 2.41. The van der Waals surface area contributed by atoms with Crippen LogP contribution < -0.4 is 0 Å². The molecule has 4 nitrogen and oxygen atoms in total. The second kappa shape index (κ2) is 6.37. The number of nitrogens with zero attached hydrogens (tertiary/aromatic N) is 1. The van der Waals surface area contributed by atoms with E-state index in [4.69, 9.17) is 27.9 Å². The molecule has 1 heterocycles. The molecule has 23 heavy (non-hydrogen) atoms. The summed E-state index contributed by atoms with van der Waals surface area (Å²) >= 11 is 11.3. The van der Waals surface area contributed by atoms with Gasteiger partial charge < -0.3 is 9.26 Å². The number of rotatable bonds is 3. The van der Waals surface area contributed by atoms with Crippen LogP contribution in [0.5, 0.6) is 0 Å². The average Bonchev–Trinajstić information content (AvgIpc) is 2.81. The zero-order valence-corrected chi connectivity index (χ0v) is 12.8. The number of benzene rings is 1. The fraction of sp³-hybridized carbons (Fsp3) is 0.231. The number of alkyl halides is 3. The molecule has 0 saturated heterocycles. The van der Waals surface area contributed by atoms with Gasteiger partial charge in [-0.15, -0.1) is 0 Å². The third-order valence-electron chi connectivity index (χ3n) is 2.70. The molecule has 1 aromatic carbocycles. The van der Waals surface area contributed by atoms with Crippen LogP contribution in [0.25, 0.3) is 11.3 Å². The molecule has 0 fully saturated rings. The summed E-state index contributed by atoms with van der Waals surface area (Å²) in [6.45, 7) is 1.57. The third kappa shape index (κ3) is 3.42. The highest BCUT2D eigenvalue weighted by atomic mass is 35.5. The Labute approximate surface area is 136 Å². The van der Waals surface area contributed by atoms with Crippen LogP contribution >= 0.6 is 23.2 Å². The predicted molar refractivity (Wildman–Crippen MR) is 72.9 cm³/mol. The molecule has 0 saturated carbocycles. The third-order valence-corrected chi connectivity index (χ3v) is 3.36. The van der Waals surface area contributed by atoms with E-state index in [-0.39, 0.29) is 17.2 Å². The van der Waals surface area contributed by atoms with Crippen molar-refractivity contribution in [2.24, 2.45) is 0 Å². The molecule has 0 amide bonds. The van der Waals surface area contributed by atoms with Gasteiger partial charge in [-0.3, -0.25) is 0 Å². The molecule has 0 atom stereocenters. The summed E-state index contributed by atoms with van der Waals surface area (Å²) in [5.41, 5.74) is -1.31. The molecule has 0 aliphatic carbocycles. The van der Waals surface area contributed by atoms with E-state index in [0.29, 0.717) is 0 Å². The first-order chi connectivity index (χ1) is 10.7. The Morgan fingerprint density at radius 2 is 2.00 bits per heavy atom. The largest absolute Gasteiger partial charge is 0.462 e. The topological polar surface area (TPSA) is 52.3 Å². The normalized spacial score (nSPS) is 11.6. The highest BCUT2D eigenvalue weighted by Gasteiger charge is 2.40. The van der Waals surface area contributed by atoms with Crippen LogP contribution in [0.1, 0.15) is 23.0 Å². The monoisotopic (exact) mass is 371 g/mol. The standard InChI is InChI=1S/C13H7Cl2F4NO3/c1-2-22-12(21)5-3-6(8(16)4-7(5)14)10-9(15)11(23-20-10)13(17,18)19/h3-4H,2H2,1H3. The predicted octanol–water partition coefficient (Wildman–Crippen LogP) is 4.98. The number of hydrogen-bond donors (Lipinski definition) is 0. The minimum atomic E-state index is -4.89. The molecule has 0 unspecified atom stereocenters. The van der Waals surface area contributed by atoms with Crippen molar-refractivity contribution in [2.45, 2.75) is 13.1 Å². The Balaban J connectivity index is 2.59. The van der Waals surface area contributed by atoms with Crippen LogP contribution in [0.2, 0.25) is 10.0 Å². The van der Waals surface area contributed by atoms with Crippen LogP contribution in [0.3, 0.4) is 0 Å². The van der Waals surface area contributed by atoms with Gasteiger partial charge in [0.25, 0.3) is 5.76 Å². The lowest BCUT2D eigenvalue weighted by Crippen LogP contribution is -2.06. The Hall–Kier alpha value is -1.80. The lowest BCUT2D eigenvalue weighted by atomic mass is 10.1. The van der Waals surface area contributed by atoms with Gasteiger partial charge in [-0.1, -0.05) is 28.4 Å². The first kappa shape index (κ1) is 17.6. The fourth-order valence-corrected chi connectivity index (χ4v) is 2.22. The van der Waals surface area contributed by atoms with Crippen molar-refractivity contribution in [2.75, 3.05) is 6.61 Å². The van der Waals surface area contributed by atoms with E-state index in [1.54, 1.807) is 6.92 Å². The van der Waals surface area contributed by atoms with Crippen molar-refractivity contribution < 1.29 is 31.6 Å². The van der Waals surface area contributed by atoms with Gasteiger partial charge in [0.1, 0.15) is 16.5 Å². The average molecular weight is 372 g/mol. The summed E-state index contributed by atoms with van der Waals surface area (Å²) < 4.78 is 60.8. The van der Waals surface area contributed by atoms with Crippen LogP contribution in [-0.4, -0.2) is 17.7 Å². The first-order valence-electron chi connectivity index (χ1n) is 6.05. The molecule has 0 bridgehead atoms. The van der Waals surface area contributed by atoms with Gasteiger partial charge in [0.15, 0.2) is 0 Å². The first-order valence-corrected chi connectivity index (χ1v) is 6.81. The Morgan fingerprint density at radius 3 is 2.52 bits per heavy atom. The van der Waals surface area contributed by atoms with Crippen molar-refractivity contribution in [3.8, 4) is 11.3 Å². The fourth-order valence-electron chi connectivity index (χ4n) is 1.72. The molecule has 0 aliphatic rings. The van der Waals surface area contributed by atoms with Gasteiger partial charge in [-0.05, 0) is 19.1 Å². The smallest absolute Gasteiger partial charge is 0.453 e. The molecule has 0 spiro atoms. The molecule has 0 radical (unpaired) electrons. The van der Waals surface area contributed by atoms with Gasteiger partial charge >= 0.3 is 12.1 Å². The number of hydrogen-bond acceptors (Lipinski definition) is 4. The maximum atomic E-state index is 14.0. The zero-order chi connectivity index (χ0) is 17.4. The number of ether oxygens (including phenoxy) is 1. The lowest BCUT2D eigenvalue weighted by molar-refractivity contribution is -0.155. The van der Waals surface area contributed by atoms with Crippen molar-refractivity contribution >= 4 is 29.2 Å². The van der Waals surface area contributed by atoms with Gasteiger partial charge in [0, 0.05) is 5.56 Å². The van der Waals surface area contributed by atoms with E-state index in [1.807, 2.05) is 0 Å². The summed E-state index contributed by atoms with van der Waals surface area (Å²) in [5, 5.41) is 1.94. The molecule has 124 valence electrons. The van der Waals surface area contributed by atoms with Crippen molar-refractivity contribution in [1.29, 1.82) is 0 Å². The maximum Gasteiger partial charge on any atom is 0.453 e. The van der Waals surface area contributed by atoms with E-state index in [2.05, 4.69) is 9.68 Å². The van der Waals surface area contributed by atoms with Crippen molar-refractivity contribution in [1.82, 2.24) is 5.16 Å². The van der Waals surface area contributed by atoms with Gasteiger partial charge in [0.05, 0.1) is 17.2 Å². The summed E-state index contributed by atoms with van der Waals surface area (Å²) in [6, 6.07) is 1.65. The number of esters is 1.